The molecule has 0 atom stereocenters. The van der Waals surface area contributed by atoms with Crippen LogP contribution in [-0.2, 0) is 5.54 Å². The quantitative estimate of drug-likeness (QED) is 0.495. The van der Waals surface area contributed by atoms with Crippen LogP contribution in [-0.4, -0.2) is 30.4 Å². The van der Waals surface area contributed by atoms with Crippen molar-refractivity contribution in [3.63, 3.8) is 0 Å². The molecular formula is C21H26N6O3. The fraction of sp³-hybridized carbons (Fsp3) is 0.381. The molecule has 0 saturated heterocycles. The molecule has 3 aromatic rings. The SMILES string of the molecule is Cc1cc(NC(=O)c2cc(C(C)C)n(C(C)(C)C)n2)n(-c2ccc([N+](=O)[O-])cc2)n1. The van der Waals surface area contributed by atoms with Gasteiger partial charge in [-0.05, 0) is 51.8 Å². The van der Waals surface area contributed by atoms with Gasteiger partial charge in [-0.25, -0.2) is 4.68 Å². The van der Waals surface area contributed by atoms with Gasteiger partial charge in [-0.2, -0.15) is 10.2 Å². The molecule has 1 amide bonds. The summed E-state index contributed by atoms with van der Waals surface area (Å²) < 4.78 is 3.42. The number of nitro groups is 1. The number of rotatable bonds is 5. The van der Waals surface area contributed by atoms with Gasteiger partial charge in [0.25, 0.3) is 11.6 Å². The largest absolute Gasteiger partial charge is 0.305 e. The molecule has 2 heterocycles. The van der Waals surface area contributed by atoms with E-state index in [1.165, 1.54) is 12.1 Å². The van der Waals surface area contributed by atoms with Gasteiger partial charge in [0.2, 0.25) is 0 Å². The van der Waals surface area contributed by atoms with Crippen molar-refractivity contribution in [1.82, 2.24) is 19.6 Å². The van der Waals surface area contributed by atoms with Crippen LogP contribution in [0.5, 0.6) is 0 Å². The highest BCUT2D eigenvalue weighted by molar-refractivity contribution is 6.02. The van der Waals surface area contributed by atoms with E-state index in [0.29, 0.717) is 22.9 Å². The highest BCUT2D eigenvalue weighted by Crippen LogP contribution is 2.25. The second kappa shape index (κ2) is 7.74. The van der Waals surface area contributed by atoms with Crippen LogP contribution in [0.25, 0.3) is 5.69 Å². The van der Waals surface area contributed by atoms with Gasteiger partial charge in [-0.15, -0.1) is 0 Å². The van der Waals surface area contributed by atoms with Gasteiger partial charge < -0.3 is 5.32 Å². The van der Waals surface area contributed by atoms with Crippen molar-refractivity contribution in [3.05, 3.63) is 63.6 Å². The molecule has 0 unspecified atom stereocenters. The summed E-state index contributed by atoms with van der Waals surface area (Å²) in [7, 11) is 0. The summed E-state index contributed by atoms with van der Waals surface area (Å²) in [4.78, 5) is 23.4. The zero-order valence-corrected chi connectivity index (χ0v) is 18.0. The van der Waals surface area contributed by atoms with E-state index in [0.717, 1.165) is 5.69 Å². The molecule has 0 saturated carbocycles. The van der Waals surface area contributed by atoms with Gasteiger partial charge in [0.15, 0.2) is 5.69 Å². The molecule has 30 heavy (non-hydrogen) atoms. The van der Waals surface area contributed by atoms with Crippen molar-refractivity contribution in [2.45, 2.75) is 53.0 Å². The lowest BCUT2D eigenvalue weighted by molar-refractivity contribution is -0.384. The maximum atomic E-state index is 12.9. The van der Waals surface area contributed by atoms with Crippen LogP contribution in [0.1, 0.15) is 62.4 Å². The molecule has 9 nitrogen and oxygen atoms in total. The van der Waals surface area contributed by atoms with Crippen molar-refractivity contribution in [3.8, 4) is 5.69 Å². The van der Waals surface area contributed by atoms with Crippen LogP contribution in [0, 0.1) is 17.0 Å². The summed E-state index contributed by atoms with van der Waals surface area (Å²) in [5.41, 5.74) is 2.34. The number of benzene rings is 1. The first-order valence-electron chi connectivity index (χ1n) is 9.70. The third-order valence-corrected chi connectivity index (χ3v) is 4.57. The Labute approximate surface area is 174 Å². The van der Waals surface area contributed by atoms with Gasteiger partial charge >= 0.3 is 0 Å². The van der Waals surface area contributed by atoms with Crippen molar-refractivity contribution < 1.29 is 9.72 Å². The normalized spacial score (nSPS) is 11.7. The maximum absolute atomic E-state index is 12.9. The molecule has 9 heteroatoms. The van der Waals surface area contributed by atoms with E-state index in [1.54, 1.807) is 22.9 Å². The molecule has 0 fully saturated rings. The highest BCUT2D eigenvalue weighted by atomic mass is 16.6. The molecule has 2 aromatic heterocycles. The van der Waals surface area contributed by atoms with Gasteiger partial charge in [0, 0.05) is 23.9 Å². The number of nitrogens with zero attached hydrogens (tertiary/aromatic N) is 5. The lowest BCUT2D eigenvalue weighted by Gasteiger charge is -2.23. The van der Waals surface area contributed by atoms with Crippen LogP contribution in [0.3, 0.4) is 0 Å². The number of hydrogen-bond donors (Lipinski definition) is 1. The molecule has 0 aliphatic rings. The fourth-order valence-corrected chi connectivity index (χ4v) is 3.14. The van der Waals surface area contributed by atoms with E-state index in [-0.39, 0.29) is 23.1 Å². The molecule has 0 aliphatic heterocycles. The Bertz CT molecular complexity index is 1090. The second-order valence-corrected chi connectivity index (χ2v) is 8.50. The van der Waals surface area contributed by atoms with Gasteiger partial charge in [0.05, 0.1) is 21.8 Å². The van der Waals surface area contributed by atoms with E-state index >= 15 is 0 Å². The number of hydrogen-bond acceptors (Lipinski definition) is 5. The number of aryl methyl sites for hydroxylation is 1. The molecule has 0 spiro atoms. The zero-order chi connectivity index (χ0) is 22.2. The van der Waals surface area contributed by atoms with Crippen LogP contribution < -0.4 is 5.32 Å². The topological polar surface area (TPSA) is 108 Å². The minimum absolute atomic E-state index is 0.0119. The van der Waals surface area contributed by atoms with Gasteiger partial charge in [-0.1, -0.05) is 13.8 Å². The van der Waals surface area contributed by atoms with Gasteiger partial charge in [-0.3, -0.25) is 19.6 Å². The third kappa shape index (κ3) is 4.24. The summed E-state index contributed by atoms with van der Waals surface area (Å²) >= 11 is 0. The van der Waals surface area contributed by atoms with E-state index < -0.39 is 4.92 Å². The molecule has 3 rings (SSSR count). The zero-order valence-electron chi connectivity index (χ0n) is 18.0. The van der Waals surface area contributed by atoms with Crippen molar-refractivity contribution in [2.24, 2.45) is 0 Å². The Morgan fingerprint density at radius 3 is 2.27 bits per heavy atom. The number of nitro benzene ring substituents is 1. The smallest absolute Gasteiger partial charge is 0.277 e. The summed E-state index contributed by atoms with van der Waals surface area (Å²) in [6, 6.07) is 9.53. The molecule has 1 N–H and O–H groups in total. The van der Waals surface area contributed by atoms with Crippen molar-refractivity contribution in [1.29, 1.82) is 0 Å². The predicted octanol–water partition coefficient (Wildman–Crippen LogP) is 4.42. The summed E-state index contributed by atoms with van der Waals surface area (Å²) in [6.45, 7) is 12.1. The lowest BCUT2D eigenvalue weighted by Crippen LogP contribution is -2.26. The summed E-state index contributed by atoms with van der Waals surface area (Å²) in [5, 5.41) is 22.7. The number of anilines is 1. The van der Waals surface area contributed by atoms with Gasteiger partial charge in [0.1, 0.15) is 5.82 Å². The summed E-state index contributed by atoms with van der Waals surface area (Å²) in [5.74, 6) is 0.330. The molecule has 0 radical (unpaired) electrons. The Kier molecular flexibility index (Phi) is 5.47. The minimum Gasteiger partial charge on any atom is -0.305 e. The Morgan fingerprint density at radius 2 is 1.77 bits per heavy atom. The Balaban J connectivity index is 1.92. The fourth-order valence-electron chi connectivity index (χ4n) is 3.14. The molecular weight excluding hydrogens is 384 g/mol. The van der Waals surface area contributed by atoms with E-state index in [2.05, 4.69) is 29.4 Å². The average molecular weight is 410 g/mol. The average Bonchev–Trinajstić information content (AvgIpc) is 3.26. The van der Waals surface area contributed by atoms with Crippen molar-refractivity contribution in [2.75, 3.05) is 5.32 Å². The van der Waals surface area contributed by atoms with E-state index in [1.807, 2.05) is 38.4 Å². The molecule has 0 bridgehead atoms. The minimum atomic E-state index is -0.460. The standard InChI is InChI=1S/C21H26N6O3/c1-13(2)18-12-17(24-26(18)21(4,5)6)20(28)22-19-11-14(3)23-25(19)15-7-9-16(10-8-15)27(29)30/h7-13H,1-6H3,(H,22,28). The summed E-state index contributed by atoms with van der Waals surface area (Å²) in [6.07, 6.45) is 0. The van der Waals surface area contributed by atoms with Crippen LogP contribution in [0.2, 0.25) is 0 Å². The van der Waals surface area contributed by atoms with E-state index in [9.17, 15) is 14.9 Å². The lowest BCUT2D eigenvalue weighted by atomic mass is 10.1. The Morgan fingerprint density at radius 1 is 1.13 bits per heavy atom. The van der Waals surface area contributed by atoms with Crippen LogP contribution in [0.15, 0.2) is 36.4 Å². The number of aromatic nitrogens is 4. The van der Waals surface area contributed by atoms with Crippen LogP contribution in [0.4, 0.5) is 11.5 Å². The second-order valence-electron chi connectivity index (χ2n) is 8.50. The number of amides is 1. The predicted molar refractivity (Wildman–Crippen MR) is 114 cm³/mol. The molecule has 1 aromatic carbocycles. The number of carbonyl (C=O) groups excluding carboxylic acids is 1. The third-order valence-electron chi connectivity index (χ3n) is 4.57. The number of carbonyl (C=O) groups is 1. The maximum Gasteiger partial charge on any atom is 0.277 e. The first-order valence-corrected chi connectivity index (χ1v) is 9.70. The Hall–Kier alpha value is -3.49. The first-order chi connectivity index (χ1) is 14.0. The molecule has 158 valence electrons. The number of non-ortho nitro benzene ring substituents is 1. The van der Waals surface area contributed by atoms with Crippen LogP contribution >= 0.6 is 0 Å². The molecule has 0 aliphatic carbocycles. The monoisotopic (exact) mass is 410 g/mol. The van der Waals surface area contributed by atoms with Crippen molar-refractivity contribution >= 4 is 17.4 Å². The first kappa shape index (κ1) is 21.2. The van der Waals surface area contributed by atoms with E-state index in [4.69, 9.17) is 0 Å². The highest BCUT2D eigenvalue weighted by Gasteiger charge is 2.24. The number of nitrogens with one attached hydrogen (secondary N) is 1.